The predicted octanol–water partition coefficient (Wildman–Crippen LogP) is 0.0639. The van der Waals surface area contributed by atoms with Crippen molar-refractivity contribution >= 4 is 11.8 Å². The number of ether oxygens (including phenoxy) is 3. The molecule has 8 heteroatoms. The smallest absolute Gasteiger partial charge is 0.237 e. The molecule has 2 rings (SSSR count). The highest BCUT2D eigenvalue weighted by Gasteiger charge is 2.21. The van der Waals surface area contributed by atoms with E-state index in [0.29, 0.717) is 23.7 Å². The molecule has 0 saturated carbocycles. The van der Waals surface area contributed by atoms with Crippen LogP contribution in [-0.2, 0) is 16.0 Å². The fourth-order valence-electron chi connectivity index (χ4n) is 2.47. The zero-order valence-electron chi connectivity index (χ0n) is 13.8. The summed E-state index contributed by atoms with van der Waals surface area (Å²) in [5.74, 6) is 1.17. The molecule has 0 aromatic heterocycles. The molecule has 1 aromatic rings. The van der Waals surface area contributed by atoms with Gasteiger partial charge in [0.1, 0.15) is 5.75 Å². The molecular formula is C16H23N3O5. The van der Waals surface area contributed by atoms with E-state index in [9.17, 15) is 9.59 Å². The van der Waals surface area contributed by atoms with Gasteiger partial charge in [0.15, 0.2) is 11.5 Å². The van der Waals surface area contributed by atoms with Gasteiger partial charge in [-0.25, -0.2) is 0 Å². The molecule has 0 radical (unpaired) electrons. The minimum atomic E-state index is -0.765. The van der Waals surface area contributed by atoms with Gasteiger partial charge in [-0.2, -0.15) is 0 Å². The van der Waals surface area contributed by atoms with E-state index < -0.39 is 11.9 Å². The lowest BCUT2D eigenvalue weighted by Gasteiger charge is -2.19. The Morgan fingerprint density at radius 1 is 1.33 bits per heavy atom. The maximum atomic E-state index is 12.0. The molecule has 5 N–H and O–H groups in total. The van der Waals surface area contributed by atoms with Gasteiger partial charge in [0.05, 0.1) is 13.2 Å². The summed E-state index contributed by atoms with van der Waals surface area (Å²) in [6.07, 6.45) is 0.842. The van der Waals surface area contributed by atoms with Gasteiger partial charge >= 0.3 is 0 Å². The average molecular weight is 337 g/mol. The molecule has 0 saturated heterocycles. The van der Waals surface area contributed by atoms with Crippen LogP contribution >= 0.6 is 0 Å². The van der Waals surface area contributed by atoms with Crippen LogP contribution in [0.2, 0.25) is 0 Å². The molecule has 0 fully saturated rings. The van der Waals surface area contributed by atoms with Gasteiger partial charge in [0.25, 0.3) is 0 Å². The van der Waals surface area contributed by atoms with E-state index in [0.717, 1.165) is 5.56 Å². The van der Waals surface area contributed by atoms with Crippen LogP contribution in [0, 0.1) is 0 Å². The Morgan fingerprint density at radius 2 is 2.00 bits per heavy atom. The van der Waals surface area contributed by atoms with Crippen LogP contribution in [0.1, 0.15) is 25.3 Å². The third-order valence-corrected chi connectivity index (χ3v) is 3.73. The van der Waals surface area contributed by atoms with Crippen molar-refractivity contribution in [2.75, 3.05) is 13.9 Å². The van der Waals surface area contributed by atoms with E-state index in [-0.39, 0.29) is 31.6 Å². The first-order valence-corrected chi connectivity index (χ1v) is 7.71. The number of hydrogen-bond acceptors (Lipinski definition) is 6. The van der Waals surface area contributed by atoms with Gasteiger partial charge in [-0.1, -0.05) is 0 Å². The molecule has 0 spiro atoms. The number of methoxy groups -OCH3 is 1. The summed E-state index contributed by atoms with van der Waals surface area (Å²) < 4.78 is 16.0. The number of fused-ring (bicyclic) bond motifs is 1. The molecule has 24 heavy (non-hydrogen) atoms. The first-order valence-electron chi connectivity index (χ1n) is 7.71. The average Bonchev–Trinajstić information content (AvgIpc) is 2.98. The molecule has 8 nitrogen and oxygen atoms in total. The van der Waals surface area contributed by atoms with Crippen LogP contribution in [0.4, 0.5) is 0 Å². The quantitative estimate of drug-likeness (QED) is 0.616. The van der Waals surface area contributed by atoms with Crippen molar-refractivity contribution in [3.8, 4) is 17.2 Å². The first-order chi connectivity index (χ1) is 11.4. The highest BCUT2D eigenvalue weighted by Crippen LogP contribution is 2.38. The molecule has 2 amide bonds. The van der Waals surface area contributed by atoms with Crippen molar-refractivity contribution in [3.05, 3.63) is 17.7 Å². The maximum Gasteiger partial charge on any atom is 0.237 e. The number of primary amides is 1. The van der Waals surface area contributed by atoms with Gasteiger partial charge in [0.2, 0.25) is 18.6 Å². The Hall–Kier alpha value is -2.48. The van der Waals surface area contributed by atoms with E-state index >= 15 is 0 Å². The molecule has 1 aliphatic rings. The Balaban J connectivity index is 1.95. The SMILES string of the molecule is COc1cc2c(cc1CC(C)NC(=O)C(N)CCC(N)=O)OCO2. The maximum absolute atomic E-state index is 12.0. The fourth-order valence-corrected chi connectivity index (χ4v) is 2.47. The summed E-state index contributed by atoms with van der Waals surface area (Å²) in [5, 5.41) is 2.83. The van der Waals surface area contributed by atoms with Crippen LogP contribution in [0.5, 0.6) is 17.2 Å². The minimum Gasteiger partial charge on any atom is -0.496 e. The predicted molar refractivity (Wildman–Crippen MR) is 86.8 cm³/mol. The standard InChI is InChI=1S/C16H23N3O5/c1-9(19-16(21)11(17)3-4-15(18)20)5-10-6-13-14(24-8-23-13)7-12(10)22-2/h6-7,9,11H,3-5,8,17H2,1-2H3,(H2,18,20)(H,19,21). The number of benzene rings is 1. The summed E-state index contributed by atoms with van der Waals surface area (Å²) in [6.45, 7) is 2.05. The highest BCUT2D eigenvalue weighted by atomic mass is 16.7. The lowest BCUT2D eigenvalue weighted by atomic mass is 10.0. The first kappa shape index (κ1) is 17.9. The third-order valence-electron chi connectivity index (χ3n) is 3.73. The van der Waals surface area contributed by atoms with Crippen LogP contribution in [-0.4, -0.2) is 37.8 Å². The van der Waals surface area contributed by atoms with Crippen molar-refractivity contribution in [3.63, 3.8) is 0 Å². The van der Waals surface area contributed by atoms with Crippen molar-refractivity contribution in [2.45, 2.75) is 38.3 Å². The van der Waals surface area contributed by atoms with Crippen LogP contribution in [0.25, 0.3) is 0 Å². The van der Waals surface area contributed by atoms with Gasteiger partial charge in [0, 0.05) is 24.1 Å². The highest BCUT2D eigenvalue weighted by molar-refractivity contribution is 5.82. The molecule has 1 aliphatic heterocycles. The molecular weight excluding hydrogens is 314 g/mol. The fraction of sp³-hybridized carbons (Fsp3) is 0.500. The number of nitrogens with two attached hydrogens (primary N) is 2. The Labute approximate surface area is 140 Å². The monoisotopic (exact) mass is 337 g/mol. The van der Waals surface area contributed by atoms with E-state index in [4.69, 9.17) is 25.7 Å². The zero-order valence-corrected chi connectivity index (χ0v) is 13.8. The Kier molecular flexibility index (Phi) is 5.86. The number of carbonyl (C=O) groups excluding carboxylic acids is 2. The number of hydrogen-bond donors (Lipinski definition) is 3. The largest absolute Gasteiger partial charge is 0.496 e. The Bertz CT molecular complexity index is 620. The Morgan fingerprint density at radius 3 is 2.62 bits per heavy atom. The number of nitrogens with one attached hydrogen (secondary N) is 1. The summed E-state index contributed by atoms with van der Waals surface area (Å²) >= 11 is 0. The normalized spacial score (nSPS) is 14.8. The second-order valence-electron chi connectivity index (χ2n) is 5.74. The lowest BCUT2D eigenvalue weighted by molar-refractivity contribution is -0.123. The summed E-state index contributed by atoms with van der Waals surface area (Å²) in [4.78, 5) is 22.8. The number of carbonyl (C=O) groups is 2. The molecule has 132 valence electrons. The number of rotatable bonds is 8. The molecule has 0 bridgehead atoms. The van der Waals surface area contributed by atoms with Crippen molar-refractivity contribution in [1.82, 2.24) is 5.32 Å². The third kappa shape index (κ3) is 4.51. The molecule has 1 aromatic carbocycles. The second-order valence-corrected chi connectivity index (χ2v) is 5.74. The number of amides is 2. The van der Waals surface area contributed by atoms with E-state index in [1.165, 1.54) is 0 Å². The van der Waals surface area contributed by atoms with Gasteiger partial charge in [-0.05, 0) is 25.8 Å². The van der Waals surface area contributed by atoms with Gasteiger partial charge < -0.3 is 31.0 Å². The van der Waals surface area contributed by atoms with Gasteiger partial charge in [-0.15, -0.1) is 0 Å². The molecule has 2 atom stereocenters. The van der Waals surface area contributed by atoms with Crippen LogP contribution in [0.15, 0.2) is 12.1 Å². The molecule has 0 aliphatic carbocycles. The van der Waals surface area contributed by atoms with Gasteiger partial charge in [-0.3, -0.25) is 9.59 Å². The molecule has 1 heterocycles. The zero-order chi connectivity index (χ0) is 17.7. The molecule has 2 unspecified atom stereocenters. The lowest BCUT2D eigenvalue weighted by Crippen LogP contribution is -2.45. The van der Waals surface area contributed by atoms with Crippen LogP contribution in [0.3, 0.4) is 0 Å². The van der Waals surface area contributed by atoms with Crippen molar-refractivity contribution in [2.24, 2.45) is 11.5 Å². The van der Waals surface area contributed by atoms with E-state index in [1.54, 1.807) is 13.2 Å². The topological polar surface area (TPSA) is 126 Å². The summed E-state index contributed by atoms with van der Waals surface area (Å²) in [7, 11) is 1.57. The van der Waals surface area contributed by atoms with Crippen LogP contribution < -0.4 is 31.0 Å². The summed E-state index contributed by atoms with van der Waals surface area (Å²) in [5.41, 5.74) is 11.7. The van der Waals surface area contributed by atoms with E-state index in [2.05, 4.69) is 5.32 Å². The minimum absolute atomic E-state index is 0.0823. The van der Waals surface area contributed by atoms with E-state index in [1.807, 2.05) is 13.0 Å². The second kappa shape index (κ2) is 7.87. The van der Waals surface area contributed by atoms with Crippen molar-refractivity contribution in [1.29, 1.82) is 0 Å². The van der Waals surface area contributed by atoms with Crippen molar-refractivity contribution < 1.29 is 23.8 Å². The summed E-state index contributed by atoms with van der Waals surface area (Å²) in [6, 6.07) is 2.67.